The van der Waals surface area contributed by atoms with Crippen LogP contribution in [0.4, 0.5) is 5.69 Å². The van der Waals surface area contributed by atoms with Gasteiger partial charge in [-0.3, -0.25) is 4.79 Å². The number of anilines is 1. The summed E-state index contributed by atoms with van der Waals surface area (Å²) in [5.74, 6) is 0.621. The summed E-state index contributed by atoms with van der Waals surface area (Å²) in [6.45, 7) is 6.05. The lowest BCUT2D eigenvalue weighted by Crippen LogP contribution is -2.43. The van der Waals surface area contributed by atoms with Gasteiger partial charge in [-0.05, 0) is 38.2 Å². The Bertz CT molecular complexity index is 688. The van der Waals surface area contributed by atoms with E-state index in [1.807, 2.05) is 13.8 Å². The Hall–Kier alpha value is -1.69. The molecule has 0 aromatic carbocycles. The van der Waals surface area contributed by atoms with Gasteiger partial charge in [0.25, 0.3) is 5.91 Å². The molecule has 106 valence electrons. The van der Waals surface area contributed by atoms with Gasteiger partial charge in [-0.2, -0.15) is 5.10 Å². The fourth-order valence-corrected chi connectivity index (χ4v) is 3.68. The van der Waals surface area contributed by atoms with E-state index in [2.05, 4.69) is 22.4 Å². The number of fused-ring (bicyclic) bond motifs is 1. The number of aryl methyl sites for hydroxylation is 2. The van der Waals surface area contributed by atoms with Crippen molar-refractivity contribution in [1.82, 2.24) is 15.5 Å². The quantitative estimate of drug-likeness (QED) is 0.890. The van der Waals surface area contributed by atoms with Crippen molar-refractivity contribution < 1.29 is 4.79 Å². The number of amides is 1. The number of nitrogens with two attached hydrogens (primary N) is 1. The highest BCUT2D eigenvalue weighted by atomic mass is 32.1. The average molecular weight is 290 g/mol. The number of hydrogen-bond acceptors (Lipinski definition) is 5. The highest BCUT2D eigenvalue weighted by Gasteiger charge is 2.28. The van der Waals surface area contributed by atoms with Gasteiger partial charge in [0, 0.05) is 11.4 Å². The van der Waals surface area contributed by atoms with Crippen molar-refractivity contribution in [2.24, 2.45) is 5.92 Å². The van der Waals surface area contributed by atoms with Crippen molar-refractivity contribution in [3.05, 3.63) is 16.1 Å². The van der Waals surface area contributed by atoms with Crippen LogP contribution in [-0.4, -0.2) is 22.1 Å². The minimum Gasteiger partial charge on any atom is -0.397 e. The van der Waals surface area contributed by atoms with Crippen LogP contribution in [0.15, 0.2) is 0 Å². The van der Waals surface area contributed by atoms with Crippen molar-refractivity contribution in [2.75, 3.05) is 5.73 Å². The Labute approximate surface area is 121 Å². The van der Waals surface area contributed by atoms with Gasteiger partial charge in [0.1, 0.15) is 9.71 Å². The number of carbonyl (C=O) groups excluding carboxylic acids is 1. The summed E-state index contributed by atoms with van der Waals surface area (Å²) in [6.07, 6.45) is 2.10. The molecule has 2 aromatic rings. The SMILES string of the molecule is Cc1nnc2sc(C(=O)NC3CC(C)C3)c(N)c2c1C. The Kier molecular flexibility index (Phi) is 3.12. The van der Waals surface area contributed by atoms with Crippen LogP contribution in [0.3, 0.4) is 0 Å². The molecule has 0 radical (unpaired) electrons. The lowest BCUT2D eigenvalue weighted by molar-refractivity contribution is 0.0901. The number of hydrogen-bond donors (Lipinski definition) is 2. The number of rotatable bonds is 2. The highest BCUT2D eigenvalue weighted by Crippen LogP contribution is 2.35. The third kappa shape index (κ3) is 2.04. The van der Waals surface area contributed by atoms with Gasteiger partial charge < -0.3 is 11.1 Å². The smallest absolute Gasteiger partial charge is 0.263 e. The van der Waals surface area contributed by atoms with E-state index in [9.17, 15) is 4.79 Å². The molecular formula is C14H18N4OS. The van der Waals surface area contributed by atoms with Crippen molar-refractivity contribution in [2.45, 2.75) is 39.7 Å². The van der Waals surface area contributed by atoms with Crippen LogP contribution in [0.25, 0.3) is 10.2 Å². The predicted octanol–water partition coefficient (Wildman–Crippen LogP) is 2.42. The largest absolute Gasteiger partial charge is 0.397 e. The van der Waals surface area contributed by atoms with Crippen LogP contribution in [0, 0.1) is 19.8 Å². The molecule has 1 fully saturated rings. The lowest BCUT2D eigenvalue weighted by Gasteiger charge is -2.33. The molecular weight excluding hydrogens is 272 g/mol. The molecule has 1 amide bonds. The summed E-state index contributed by atoms with van der Waals surface area (Å²) in [4.78, 5) is 13.6. The molecule has 0 saturated heterocycles. The van der Waals surface area contributed by atoms with Crippen LogP contribution in [-0.2, 0) is 0 Å². The van der Waals surface area contributed by atoms with Gasteiger partial charge in [-0.25, -0.2) is 0 Å². The maximum atomic E-state index is 12.3. The predicted molar refractivity (Wildman–Crippen MR) is 81.0 cm³/mol. The standard InChI is InChI=1S/C14H18N4OS/c1-6-4-9(5-6)16-13(19)12-11(15)10-7(2)8(3)17-18-14(10)20-12/h6,9H,4-5,15H2,1-3H3,(H,16,19). The molecule has 0 aliphatic heterocycles. The van der Waals surface area contributed by atoms with E-state index in [0.717, 1.165) is 34.3 Å². The van der Waals surface area contributed by atoms with Crippen molar-refractivity contribution in [1.29, 1.82) is 0 Å². The second kappa shape index (κ2) is 4.70. The summed E-state index contributed by atoms with van der Waals surface area (Å²) in [5, 5.41) is 12.1. The molecule has 5 nitrogen and oxygen atoms in total. The Morgan fingerprint density at radius 1 is 1.35 bits per heavy atom. The van der Waals surface area contributed by atoms with Crippen LogP contribution in [0.5, 0.6) is 0 Å². The monoisotopic (exact) mass is 290 g/mol. The molecule has 0 atom stereocenters. The van der Waals surface area contributed by atoms with Gasteiger partial charge in [0.05, 0.1) is 11.4 Å². The van der Waals surface area contributed by atoms with E-state index in [1.54, 1.807) is 0 Å². The Morgan fingerprint density at radius 2 is 2.05 bits per heavy atom. The summed E-state index contributed by atoms with van der Waals surface area (Å²) in [5.41, 5.74) is 8.54. The number of aromatic nitrogens is 2. The molecule has 20 heavy (non-hydrogen) atoms. The maximum Gasteiger partial charge on any atom is 0.263 e. The zero-order valence-electron chi connectivity index (χ0n) is 11.9. The molecule has 0 bridgehead atoms. The lowest BCUT2D eigenvalue weighted by atomic mass is 9.82. The van der Waals surface area contributed by atoms with Gasteiger partial charge in [-0.15, -0.1) is 16.4 Å². The first-order chi connectivity index (χ1) is 9.47. The normalized spacial score (nSPS) is 21.8. The van der Waals surface area contributed by atoms with Crippen molar-refractivity contribution in [3.63, 3.8) is 0 Å². The van der Waals surface area contributed by atoms with E-state index in [-0.39, 0.29) is 11.9 Å². The minimum atomic E-state index is -0.0838. The second-order valence-corrected chi connectivity index (χ2v) is 6.68. The zero-order chi connectivity index (χ0) is 14.4. The zero-order valence-corrected chi connectivity index (χ0v) is 12.7. The first-order valence-electron chi connectivity index (χ1n) is 6.80. The summed E-state index contributed by atoms with van der Waals surface area (Å²) < 4.78 is 0. The van der Waals surface area contributed by atoms with E-state index in [4.69, 9.17) is 5.73 Å². The highest BCUT2D eigenvalue weighted by molar-refractivity contribution is 7.21. The number of carbonyl (C=O) groups is 1. The summed E-state index contributed by atoms with van der Waals surface area (Å²) >= 11 is 1.32. The summed E-state index contributed by atoms with van der Waals surface area (Å²) in [6, 6.07) is 0.288. The molecule has 1 aliphatic carbocycles. The van der Waals surface area contributed by atoms with Crippen LogP contribution >= 0.6 is 11.3 Å². The Balaban J connectivity index is 1.94. The van der Waals surface area contributed by atoms with E-state index < -0.39 is 0 Å². The average Bonchev–Trinajstić information content (AvgIpc) is 2.70. The van der Waals surface area contributed by atoms with Gasteiger partial charge in [0.15, 0.2) is 0 Å². The van der Waals surface area contributed by atoms with Crippen molar-refractivity contribution in [3.8, 4) is 0 Å². The number of thiophene rings is 1. The van der Waals surface area contributed by atoms with Crippen LogP contribution < -0.4 is 11.1 Å². The number of nitrogens with one attached hydrogen (secondary N) is 1. The number of nitrogens with zero attached hydrogens (tertiary/aromatic N) is 2. The van der Waals surface area contributed by atoms with Crippen molar-refractivity contribution >= 4 is 33.1 Å². The fourth-order valence-electron chi connectivity index (χ4n) is 2.68. The molecule has 1 saturated carbocycles. The topological polar surface area (TPSA) is 80.9 Å². The third-order valence-electron chi connectivity index (χ3n) is 4.05. The van der Waals surface area contributed by atoms with E-state index >= 15 is 0 Å². The van der Waals surface area contributed by atoms with E-state index in [0.29, 0.717) is 16.5 Å². The minimum absolute atomic E-state index is 0.0838. The summed E-state index contributed by atoms with van der Waals surface area (Å²) in [7, 11) is 0. The Morgan fingerprint density at radius 3 is 2.70 bits per heavy atom. The molecule has 3 rings (SSSR count). The van der Waals surface area contributed by atoms with E-state index in [1.165, 1.54) is 11.3 Å². The van der Waals surface area contributed by atoms with Gasteiger partial charge in [-0.1, -0.05) is 6.92 Å². The second-order valence-electron chi connectivity index (χ2n) is 5.68. The first kappa shape index (κ1) is 13.3. The molecule has 1 aliphatic rings. The van der Waals surface area contributed by atoms with Gasteiger partial charge >= 0.3 is 0 Å². The third-order valence-corrected chi connectivity index (χ3v) is 5.14. The molecule has 6 heteroatoms. The first-order valence-corrected chi connectivity index (χ1v) is 7.61. The number of nitrogen functional groups attached to an aromatic ring is 1. The maximum absolute atomic E-state index is 12.3. The molecule has 0 spiro atoms. The molecule has 3 N–H and O–H groups in total. The molecule has 0 unspecified atom stereocenters. The molecule has 2 heterocycles. The van der Waals surface area contributed by atoms with Crippen LogP contribution in [0.1, 0.15) is 40.7 Å². The van der Waals surface area contributed by atoms with Crippen LogP contribution in [0.2, 0.25) is 0 Å². The van der Waals surface area contributed by atoms with Gasteiger partial charge in [0.2, 0.25) is 0 Å². The fraction of sp³-hybridized carbons (Fsp3) is 0.500. The molecule has 2 aromatic heterocycles.